The summed E-state index contributed by atoms with van der Waals surface area (Å²) in [5.41, 5.74) is 2.96. The number of nitrogens with zero attached hydrogens (tertiary/aromatic N) is 6. The van der Waals surface area contributed by atoms with Gasteiger partial charge in [-0.2, -0.15) is 4.68 Å². The first kappa shape index (κ1) is 23.9. The highest BCUT2D eigenvalue weighted by Crippen LogP contribution is 2.38. The second-order valence-electron chi connectivity index (χ2n) is 7.62. The Labute approximate surface area is 215 Å². The number of nitrogens with one attached hydrogen (secondary N) is 1. The molecule has 4 aromatic rings. The fraction of sp³-hybridized carbons (Fsp3) is 0.250. The minimum Gasteiger partial charge on any atom is -0.494 e. The third kappa shape index (κ3) is 4.95. The minimum absolute atomic E-state index is 0.248. The summed E-state index contributed by atoms with van der Waals surface area (Å²) in [5, 5.41) is 24.8. The zero-order valence-electron chi connectivity index (χ0n) is 19.6. The van der Waals surface area contributed by atoms with Crippen LogP contribution in [0.1, 0.15) is 25.5 Å². The average Bonchev–Trinajstić information content (AvgIpc) is 3.58. The number of carbonyl (C=O) groups is 1. The molecule has 0 amide bonds. The molecule has 1 unspecified atom stereocenters. The minimum atomic E-state index is -0.559. The normalized spacial score (nSPS) is 14.8. The van der Waals surface area contributed by atoms with Gasteiger partial charge < -0.3 is 14.8 Å². The first-order valence-corrected chi connectivity index (χ1v) is 13.2. The maximum atomic E-state index is 13.2. The van der Waals surface area contributed by atoms with Crippen LogP contribution < -0.4 is 10.1 Å². The van der Waals surface area contributed by atoms with E-state index in [9.17, 15) is 4.79 Å². The van der Waals surface area contributed by atoms with E-state index in [1.807, 2.05) is 61.5 Å². The molecule has 1 atom stereocenters. The fourth-order valence-corrected chi connectivity index (χ4v) is 5.64. The molecule has 0 aliphatic carbocycles. The lowest BCUT2D eigenvalue weighted by molar-refractivity contribution is -0.139. The zero-order chi connectivity index (χ0) is 24.9. The molecule has 36 heavy (non-hydrogen) atoms. The molecule has 2 aromatic carbocycles. The van der Waals surface area contributed by atoms with Crippen molar-refractivity contribution in [3.63, 3.8) is 0 Å². The van der Waals surface area contributed by atoms with Gasteiger partial charge in [0.25, 0.3) is 0 Å². The summed E-state index contributed by atoms with van der Waals surface area (Å²) in [6.07, 6.45) is 0. The summed E-state index contributed by atoms with van der Waals surface area (Å²) in [4.78, 5) is 13.2. The van der Waals surface area contributed by atoms with Crippen molar-refractivity contribution in [1.82, 2.24) is 30.4 Å². The van der Waals surface area contributed by atoms with Crippen LogP contribution in [-0.4, -0.2) is 55.3 Å². The lowest BCUT2D eigenvalue weighted by Gasteiger charge is -2.28. The van der Waals surface area contributed by atoms with Crippen molar-refractivity contribution in [2.24, 2.45) is 0 Å². The Morgan fingerprint density at radius 1 is 1.06 bits per heavy atom. The molecular weight excluding hydrogens is 498 g/mol. The van der Waals surface area contributed by atoms with Gasteiger partial charge in [0.2, 0.25) is 5.95 Å². The predicted octanol–water partition coefficient (Wildman–Crippen LogP) is 4.21. The maximum Gasteiger partial charge on any atom is 0.338 e. The molecule has 10 nitrogen and oxygen atoms in total. The number of hydrogen-bond donors (Lipinski definition) is 1. The lowest BCUT2D eigenvalue weighted by atomic mass is 9.95. The van der Waals surface area contributed by atoms with Crippen molar-refractivity contribution in [3.05, 3.63) is 71.4 Å². The Morgan fingerprint density at radius 3 is 2.61 bits per heavy atom. The molecule has 0 radical (unpaired) electrons. The Hall–Kier alpha value is -3.77. The second kappa shape index (κ2) is 10.9. The number of benzene rings is 2. The molecule has 0 bridgehead atoms. The largest absolute Gasteiger partial charge is 0.494 e. The number of fused-ring (bicyclic) bond motifs is 1. The highest BCUT2D eigenvalue weighted by Gasteiger charge is 2.36. The van der Waals surface area contributed by atoms with Gasteiger partial charge in [0.05, 0.1) is 18.8 Å². The second-order valence-corrected chi connectivity index (χ2v) is 9.82. The van der Waals surface area contributed by atoms with E-state index in [2.05, 4.69) is 31.0 Å². The number of thioether (sulfide) groups is 1. The van der Waals surface area contributed by atoms with Gasteiger partial charge in [0, 0.05) is 17.0 Å². The van der Waals surface area contributed by atoms with Crippen molar-refractivity contribution in [1.29, 1.82) is 0 Å². The molecule has 0 saturated heterocycles. The van der Waals surface area contributed by atoms with Crippen LogP contribution in [0.15, 0.2) is 70.2 Å². The van der Waals surface area contributed by atoms with Crippen LogP contribution in [0.4, 0.5) is 5.95 Å². The Kier molecular flexibility index (Phi) is 7.23. The number of rotatable bonds is 9. The smallest absolute Gasteiger partial charge is 0.338 e. The van der Waals surface area contributed by atoms with Crippen LogP contribution in [0, 0.1) is 0 Å². The predicted molar refractivity (Wildman–Crippen MR) is 137 cm³/mol. The van der Waals surface area contributed by atoms with Gasteiger partial charge in [-0.25, -0.2) is 4.79 Å². The number of hydrogen-bond acceptors (Lipinski definition) is 11. The van der Waals surface area contributed by atoms with Crippen molar-refractivity contribution >= 4 is 35.0 Å². The van der Waals surface area contributed by atoms with E-state index < -0.39 is 12.0 Å². The van der Waals surface area contributed by atoms with E-state index in [1.54, 1.807) is 11.6 Å². The molecule has 0 spiro atoms. The number of anilines is 1. The van der Waals surface area contributed by atoms with E-state index in [4.69, 9.17) is 9.47 Å². The monoisotopic (exact) mass is 521 g/mol. The molecule has 0 saturated carbocycles. The quantitative estimate of drug-likeness (QED) is 0.253. The first-order valence-electron chi connectivity index (χ1n) is 11.4. The number of esters is 1. The summed E-state index contributed by atoms with van der Waals surface area (Å²) in [6, 6.07) is 16.9. The number of aromatic nitrogens is 6. The fourth-order valence-electron chi connectivity index (χ4n) is 3.82. The van der Waals surface area contributed by atoms with E-state index in [1.165, 1.54) is 23.1 Å². The van der Waals surface area contributed by atoms with Gasteiger partial charge in [-0.15, -0.1) is 10.2 Å². The van der Waals surface area contributed by atoms with Gasteiger partial charge in [-0.05, 0) is 42.0 Å². The highest BCUT2D eigenvalue weighted by atomic mass is 32.2. The SMILES string of the molecule is CCOC(=O)C1=C(CSc2nnc(-c3ccccc3)s2)Nc2nnnn2C1c1ccc(OCC)cc1. The molecule has 1 aliphatic heterocycles. The third-order valence-electron chi connectivity index (χ3n) is 5.37. The average molecular weight is 522 g/mol. The van der Waals surface area contributed by atoms with E-state index in [0.717, 1.165) is 26.2 Å². The molecule has 5 rings (SSSR count). The molecule has 1 aliphatic rings. The number of carbonyl (C=O) groups excluding carboxylic acids is 1. The topological polar surface area (TPSA) is 117 Å². The van der Waals surface area contributed by atoms with Crippen molar-refractivity contribution < 1.29 is 14.3 Å². The van der Waals surface area contributed by atoms with Crippen LogP contribution in [-0.2, 0) is 9.53 Å². The molecule has 3 heterocycles. The van der Waals surface area contributed by atoms with Gasteiger partial charge in [0.1, 0.15) is 16.8 Å². The standard InChI is InChI=1S/C24H23N7O3S2/c1-3-33-17-12-10-15(11-13-17)20-19(22(32)34-4-2)18(25-23-27-29-30-31(20)23)14-35-24-28-26-21(36-24)16-8-6-5-7-9-16/h5-13,20H,3-4,14H2,1-2H3,(H,25,27,30). The van der Waals surface area contributed by atoms with Gasteiger partial charge in [0.15, 0.2) is 4.34 Å². The summed E-state index contributed by atoms with van der Waals surface area (Å²) in [7, 11) is 0. The van der Waals surface area contributed by atoms with E-state index in [-0.39, 0.29) is 6.61 Å². The Morgan fingerprint density at radius 2 is 1.86 bits per heavy atom. The highest BCUT2D eigenvalue weighted by molar-refractivity contribution is 8.01. The van der Waals surface area contributed by atoms with Gasteiger partial charge >= 0.3 is 5.97 Å². The van der Waals surface area contributed by atoms with Crippen molar-refractivity contribution in [3.8, 4) is 16.3 Å². The van der Waals surface area contributed by atoms with Gasteiger partial charge in [-0.3, -0.25) is 0 Å². The molecule has 184 valence electrons. The van der Waals surface area contributed by atoms with Crippen molar-refractivity contribution in [2.75, 3.05) is 24.3 Å². The maximum absolute atomic E-state index is 13.2. The summed E-state index contributed by atoms with van der Waals surface area (Å²) in [6.45, 7) is 4.53. The summed E-state index contributed by atoms with van der Waals surface area (Å²) in [5.74, 6) is 1.19. The molecule has 2 aromatic heterocycles. The summed E-state index contributed by atoms with van der Waals surface area (Å²) >= 11 is 2.98. The van der Waals surface area contributed by atoms with Crippen molar-refractivity contribution in [2.45, 2.75) is 24.2 Å². The number of ether oxygens (including phenoxy) is 2. The summed E-state index contributed by atoms with van der Waals surface area (Å²) < 4.78 is 13.4. The van der Waals surface area contributed by atoms with Crippen LogP contribution in [0.25, 0.3) is 10.6 Å². The Bertz CT molecular complexity index is 1370. The van der Waals surface area contributed by atoms with E-state index >= 15 is 0 Å². The van der Waals surface area contributed by atoms with Crippen LogP contribution in [0.5, 0.6) is 5.75 Å². The molecular formula is C24H23N7O3S2. The molecule has 0 fully saturated rings. The molecule has 1 N–H and O–H groups in total. The Balaban J connectivity index is 1.48. The van der Waals surface area contributed by atoms with E-state index in [0.29, 0.717) is 29.6 Å². The lowest BCUT2D eigenvalue weighted by Crippen LogP contribution is -2.31. The van der Waals surface area contributed by atoms with Crippen LogP contribution >= 0.6 is 23.1 Å². The van der Waals surface area contributed by atoms with Crippen LogP contribution in [0.3, 0.4) is 0 Å². The zero-order valence-corrected chi connectivity index (χ0v) is 21.3. The van der Waals surface area contributed by atoms with Crippen LogP contribution in [0.2, 0.25) is 0 Å². The number of tetrazole rings is 1. The third-order valence-corrected chi connectivity index (χ3v) is 7.50. The first-order chi connectivity index (χ1) is 17.7. The van der Waals surface area contributed by atoms with Gasteiger partial charge in [-0.1, -0.05) is 70.7 Å². The molecule has 12 heteroatoms.